The van der Waals surface area contributed by atoms with Gasteiger partial charge in [0.1, 0.15) is 5.82 Å². The molecule has 1 saturated carbocycles. The van der Waals surface area contributed by atoms with Gasteiger partial charge in [0.2, 0.25) is 5.91 Å². The Morgan fingerprint density at radius 2 is 1.96 bits per heavy atom. The molecular weight excluding hydrogens is 306 g/mol. The fourth-order valence-electron chi connectivity index (χ4n) is 3.80. The molecule has 5 heteroatoms. The molecule has 1 aromatic heterocycles. The Hall–Kier alpha value is -1.75. The molecule has 0 radical (unpaired) electrons. The zero-order valence-electron chi connectivity index (χ0n) is 13.3. The third-order valence-corrected chi connectivity index (χ3v) is 5.78. The lowest BCUT2D eigenvalue weighted by molar-refractivity contribution is -0.116. The van der Waals surface area contributed by atoms with Crippen molar-refractivity contribution in [1.29, 1.82) is 0 Å². The summed E-state index contributed by atoms with van der Waals surface area (Å²) in [5.41, 5.74) is 2.36. The number of carbonyl (C=O) groups excluding carboxylic acids is 1. The molecule has 23 heavy (non-hydrogen) atoms. The van der Waals surface area contributed by atoms with Gasteiger partial charge in [0.05, 0.1) is 12.2 Å². The van der Waals surface area contributed by atoms with Crippen LogP contribution >= 0.6 is 11.8 Å². The number of aromatic nitrogens is 2. The molecule has 1 fully saturated rings. The van der Waals surface area contributed by atoms with Gasteiger partial charge in [0.25, 0.3) is 0 Å². The van der Waals surface area contributed by atoms with Crippen LogP contribution in [0.1, 0.15) is 55.2 Å². The van der Waals surface area contributed by atoms with Gasteiger partial charge in [-0.2, -0.15) is 5.10 Å². The number of thioether (sulfide) groups is 1. The normalized spacial score (nSPS) is 21.3. The molecular formula is C18H21N3OS. The van der Waals surface area contributed by atoms with E-state index < -0.39 is 0 Å². The summed E-state index contributed by atoms with van der Waals surface area (Å²) >= 11 is 1.74. The van der Waals surface area contributed by atoms with Crippen LogP contribution in [0.2, 0.25) is 0 Å². The molecule has 0 spiro atoms. The first-order valence-electron chi connectivity index (χ1n) is 8.27. The number of rotatable bonds is 3. The van der Waals surface area contributed by atoms with Crippen LogP contribution in [0.15, 0.2) is 35.4 Å². The molecule has 2 heterocycles. The summed E-state index contributed by atoms with van der Waals surface area (Å²) in [6.07, 6.45) is 9.38. The summed E-state index contributed by atoms with van der Waals surface area (Å²) in [6, 6.07) is 9.00. The van der Waals surface area contributed by atoms with Crippen LogP contribution < -0.4 is 5.32 Å². The maximum absolute atomic E-state index is 12.2. The molecule has 4 nitrogen and oxygen atoms in total. The highest BCUT2D eigenvalue weighted by Crippen LogP contribution is 2.40. The molecule has 0 saturated heterocycles. The predicted molar refractivity (Wildman–Crippen MR) is 93.0 cm³/mol. The molecule has 120 valence electrons. The lowest BCUT2D eigenvalue weighted by atomic mass is 9.87. The second-order valence-electron chi connectivity index (χ2n) is 6.41. The van der Waals surface area contributed by atoms with E-state index in [9.17, 15) is 4.79 Å². The SMILES string of the molecule is CSc1ccc([C@@H]2CC(=O)Nc3c2cnn3C2CCCC2)cc1. The number of anilines is 1. The summed E-state index contributed by atoms with van der Waals surface area (Å²) in [7, 11) is 0. The first-order chi connectivity index (χ1) is 11.3. The second kappa shape index (κ2) is 6.04. The van der Waals surface area contributed by atoms with E-state index in [2.05, 4.69) is 45.6 Å². The van der Waals surface area contributed by atoms with Crippen molar-refractivity contribution in [1.82, 2.24) is 9.78 Å². The van der Waals surface area contributed by atoms with E-state index in [1.807, 2.05) is 6.20 Å². The van der Waals surface area contributed by atoms with Gasteiger partial charge in [-0.15, -0.1) is 11.8 Å². The minimum atomic E-state index is 0.0937. The van der Waals surface area contributed by atoms with Crippen LogP contribution in [0, 0.1) is 0 Å². The van der Waals surface area contributed by atoms with Crippen LogP contribution in [0.4, 0.5) is 5.82 Å². The van der Waals surface area contributed by atoms with E-state index >= 15 is 0 Å². The maximum Gasteiger partial charge on any atom is 0.226 e. The van der Waals surface area contributed by atoms with E-state index in [1.165, 1.54) is 23.3 Å². The highest BCUT2D eigenvalue weighted by molar-refractivity contribution is 7.98. The topological polar surface area (TPSA) is 46.9 Å². The van der Waals surface area contributed by atoms with E-state index in [0.29, 0.717) is 12.5 Å². The van der Waals surface area contributed by atoms with Crippen LogP contribution in [0.3, 0.4) is 0 Å². The quantitative estimate of drug-likeness (QED) is 0.860. The number of nitrogens with zero attached hydrogens (tertiary/aromatic N) is 2. The Balaban J connectivity index is 1.71. The van der Waals surface area contributed by atoms with Crippen molar-refractivity contribution in [3.05, 3.63) is 41.6 Å². The molecule has 1 aliphatic carbocycles. The number of hydrogen-bond acceptors (Lipinski definition) is 3. The summed E-state index contributed by atoms with van der Waals surface area (Å²) in [5.74, 6) is 1.13. The lowest BCUT2D eigenvalue weighted by Crippen LogP contribution is -2.25. The number of carbonyl (C=O) groups is 1. The number of fused-ring (bicyclic) bond motifs is 1. The fourth-order valence-corrected chi connectivity index (χ4v) is 4.21. The van der Waals surface area contributed by atoms with E-state index in [1.54, 1.807) is 11.8 Å². The van der Waals surface area contributed by atoms with Gasteiger partial charge in [-0.3, -0.25) is 4.79 Å². The lowest BCUT2D eigenvalue weighted by Gasteiger charge is -2.25. The third kappa shape index (κ3) is 2.67. The number of nitrogens with one attached hydrogen (secondary N) is 1. The van der Waals surface area contributed by atoms with Crippen molar-refractivity contribution in [2.45, 2.75) is 49.0 Å². The monoisotopic (exact) mass is 327 g/mol. The average molecular weight is 327 g/mol. The van der Waals surface area contributed by atoms with E-state index in [0.717, 1.165) is 24.2 Å². The van der Waals surface area contributed by atoms with E-state index in [-0.39, 0.29) is 11.8 Å². The smallest absolute Gasteiger partial charge is 0.226 e. The molecule has 2 aromatic rings. The molecule has 0 unspecified atom stereocenters. The molecule has 1 amide bonds. The van der Waals surface area contributed by atoms with E-state index in [4.69, 9.17) is 0 Å². The minimum Gasteiger partial charge on any atom is -0.311 e. The summed E-state index contributed by atoms with van der Waals surface area (Å²) in [4.78, 5) is 13.5. The number of hydrogen-bond donors (Lipinski definition) is 1. The second-order valence-corrected chi connectivity index (χ2v) is 7.29. The molecule has 0 bridgehead atoms. The van der Waals surface area contributed by atoms with Crippen molar-refractivity contribution >= 4 is 23.5 Å². The van der Waals surface area contributed by atoms with Gasteiger partial charge >= 0.3 is 0 Å². The Morgan fingerprint density at radius 3 is 2.65 bits per heavy atom. The highest BCUT2D eigenvalue weighted by Gasteiger charge is 2.32. The summed E-state index contributed by atoms with van der Waals surface area (Å²) < 4.78 is 2.06. The summed E-state index contributed by atoms with van der Waals surface area (Å²) in [5, 5.41) is 7.69. The van der Waals surface area contributed by atoms with Gasteiger partial charge < -0.3 is 5.32 Å². The molecule has 4 rings (SSSR count). The molecule has 2 aliphatic rings. The van der Waals surface area contributed by atoms with Crippen LogP contribution in [-0.4, -0.2) is 21.9 Å². The van der Waals surface area contributed by atoms with Gasteiger partial charge in [0.15, 0.2) is 0 Å². The first-order valence-corrected chi connectivity index (χ1v) is 9.50. The standard InChI is InChI=1S/C18H21N3OS/c1-23-14-8-6-12(7-9-14)15-10-17(22)20-18-16(15)11-19-21(18)13-4-2-3-5-13/h6-9,11,13,15H,2-5,10H2,1H3,(H,20,22)/t15-/m0/s1. The van der Waals surface area contributed by atoms with Gasteiger partial charge in [0, 0.05) is 22.8 Å². The van der Waals surface area contributed by atoms with Crippen molar-refractivity contribution in [3.63, 3.8) is 0 Å². The Kier molecular flexibility index (Phi) is 3.89. The zero-order chi connectivity index (χ0) is 15.8. The molecule has 1 aliphatic heterocycles. The number of amides is 1. The van der Waals surface area contributed by atoms with Crippen molar-refractivity contribution in [3.8, 4) is 0 Å². The largest absolute Gasteiger partial charge is 0.311 e. The van der Waals surface area contributed by atoms with Gasteiger partial charge in [-0.1, -0.05) is 25.0 Å². The third-order valence-electron chi connectivity index (χ3n) is 5.04. The van der Waals surface area contributed by atoms with Crippen LogP contribution in [0.25, 0.3) is 0 Å². The fraction of sp³-hybridized carbons (Fsp3) is 0.444. The minimum absolute atomic E-state index is 0.0937. The molecule has 1 atom stereocenters. The maximum atomic E-state index is 12.2. The average Bonchev–Trinajstić information content (AvgIpc) is 3.23. The Bertz CT molecular complexity index is 716. The van der Waals surface area contributed by atoms with Gasteiger partial charge in [-0.25, -0.2) is 4.68 Å². The van der Waals surface area contributed by atoms with Crippen molar-refractivity contribution in [2.24, 2.45) is 0 Å². The first kappa shape index (κ1) is 14.8. The van der Waals surface area contributed by atoms with Gasteiger partial charge in [-0.05, 0) is 36.8 Å². The molecule has 1 N–H and O–H groups in total. The van der Waals surface area contributed by atoms with Crippen LogP contribution in [0.5, 0.6) is 0 Å². The van der Waals surface area contributed by atoms with Crippen molar-refractivity contribution in [2.75, 3.05) is 11.6 Å². The Morgan fingerprint density at radius 1 is 1.22 bits per heavy atom. The summed E-state index contributed by atoms with van der Waals surface area (Å²) in [6.45, 7) is 0. The van der Waals surface area contributed by atoms with Crippen molar-refractivity contribution < 1.29 is 4.79 Å². The highest BCUT2D eigenvalue weighted by atomic mass is 32.2. The number of benzene rings is 1. The van der Waals surface area contributed by atoms with Crippen LogP contribution in [-0.2, 0) is 4.79 Å². The Labute approximate surface area is 140 Å². The molecule has 1 aromatic carbocycles. The zero-order valence-corrected chi connectivity index (χ0v) is 14.1. The predicted octanol–water partition coefficient (Wildman–Crippen LogP) is 4.19.